The highest BCUT2D eigenvalue weighted by atomic mass is 16.5. The minimum absolute atomic E-state index is 0.313. The maximum absolute atomic E-state index is 5.54. The number of hydrogen-bond acceptors (Lipinski definition) is 3. The van der Waals surface area contributed by atoms with E-state index in [9.17, 15) is 0 Å². The molecule has 1 atom stereocenters. The summed E-state index contributed by atoms with van der Waals surface area (Å²) in [7, 11) is 1.83. The second-order valence-electron chi connectivity index (χ2n) is 7.04. The number of morpholine rings is 1. The fourth-order valence-corrected chi connectivity index (χ4v) is 3.58. The lowest BCUT2D eigenvalue weighted by Crippen LogP contribution is -2.46. The van der Waals surface area contributed by atoms with Crippen LogP contribution in [0.4, 0.5) is 0 Å². The van der Waals surface area contributed by atoms with Gasteiger partial charge in [-0.1, -0.05) is 60.7 Å². The van der Waals surface area contributed by atoms with E-state index in [2.05, 4.69) is 81.2 Å². The van der Waals surface area contributed by atoms with Crippen molar-refractivity contribution in [1.82, 2.24) is 15.5 Å². The highest BCUT2D eigenvalue weighted by Crippen LogP contribution is 2.20. The van der Waals surface area contributed by atoms with Crippen LogP contribution in [-0.2, 0) is 11.2 Å². The summed E-state index contributed by atoms with van der Waals surface area (Å²) in [5.41, 5.74) is 2.71. The first-order chi connectivity index (χ1) is 13.9. The van der Waals surface area contributed by atoms with Crippen LogP contribution in [0.3, 0.4) is 0 Å². The minimum atomic E-state index is 0.313. The standard InChI is InChI=1S/C23H32N4O/c1-24-23(25-14-8-11-20-9-4-2-5-10-20)26-19-22(21-12-6-3-7-13-21)27-15-17-28-18-16-27/h2-7,9-10,12-13,22H,8,11,14-19H2,1H3,(H2,24,25,26). The Hall–Kier alpha value is -2.37. The van der Waals surface area contributed by atoms with E-state index in [1.807, 2.05) is 7.05 Å². The van der Waals surface area contributed by atoms with Crippen LogP contribution in [0.1, 0.15) is 23.6 Å². The van der Waals surface area contributed by atoms with Gasteiger partial charge in [-0.2, -0.15) is 0 Å². The Kier molecular flexibility index (Phi) is 8.34. The molecule has 1 aliphatic rings. The number of nitrogens with zero attached hydrogens (tertiary/aromatic N) is 2. The van der Waals surface area contributed by atoms with Gasteiger partial charge in [-0.05, 0) is 24.0 Å². The molecule has 0 aliphatic carbocycles. The topological polar surface area (TPSA) is 48.9 Å². The summed E-state index contributed by atoms with van der Waals surface area (Å²) in [4.78, 5) is 6.89. The van der Waals surface area contributed by atoms with Gasteiger partial charge in [-0.15, -0.1) is 0 Å². The summed E-state index contributed by atoms with van der Waals surface area (Å²) < 4.78 is 5.54. The molecule has 0 amide bonds. The van der Waals surface area contributed by atoms with Gasteiger partial charge >= 0.3 is 0 Å². The quantitative estimate of drug-likeness (QED) is 0.420. The Balaban J connectivity index is 1.49. The molecule has 1 saturated heterocycles. The van der Waals surface area contributed by atoms with Crippen molar-refractivity contribution in [2.45, 2.75) is 18.9 Å². The Labute approximate surface area is 168 Å². The monoisotopic (exact) mass is 380 g/mol. The molecule has 1 aliphatic heterocycles. The molecule has 150 valence electrons. The van der Waals surface area contributed by atoms with Crippen LogP contribution in [0.2, 0.25) is 0 Å². The van der Waals surface area contributed by atoms with Gasteiger partial charge in [-0.25, -0.2) is 0 Å². The number of benzene rings is 2. The molecule has 5 nitrogen and oxygen atoms in total. The fourth-order valence-electron chi connectivity index (χ4n) is 3.58. The molecular formula is C23H32N4O. The van der Waals surface area contributed by atoms with E-state index in [4.69, 9.17) is 4.74 Å². The number of rotatable bonds is 8. The number of hydrogen-bond donors (Lipinski definition) is 2. The van der Waals surface area contributed by atoms with Crippen molar-refractivity contribution >= 4 is 5.96 Å². The van der Waals surface area contributed by atoms with Crippen LogP contribution in [0.15, 0.2) is 65.7 Å². The van der Waals surface area contributed by atoms with Crippen molar-refractivity contribution in [3.8, 4) is 0 Å². The zero-order chi connectivity index (χ0) is 19.4. The number of aliphatic imine (C=N–C) groups is 1. The molecule has 1 unspecified atom stereocenters. The smallest absolute Gasteiger partial charge is 0.191 e. The van der Waals surface area contributed by atoms with E-state index >= 15 is 0 Å². The van der Waals surface area contributed by atoms with E-state index in [0.717, 1.165) is 58.2 Å². The van der Waals surface area contributed by atoms with Gasteiger partial charge < -0.3 is 15.4 Å². The van der Waals surface area contributed by atoms with Crippen molar-refractivity contribution in [3.63, 3.8) is 0 Å². The molecule has 2 aromatic carbocycles. The van der Waals surface area contributed by atoms with Crippen molar-refractivity contribution in [1.29, 1.82) is 0 Å². The Morgan fingerprint density at radius 3 is 2.36 bits per heavy atom. The Morgan fingerprint density at radius 2 is 1.68 bits per heavy atom. The predicted octanol–water partition coefficient (Wildman–Crippen LogP) is 2.86. The Morgan fingerprint density at radius 1 is 1.00 bits per heavy atom. The molecule has 0 aromatic heterocycles. The van der Waals surface area contributed by atoms with Crippen LogP contribution < -0.4 is 10.6 Å². The van der Waals surface area contributed by atoms with E-state index < -0.39 is 0 Å². The van der Waals surface area contributed by atoms with Gasteiger partial charge in [0.25, 0.3) is 0 Å². The lowest BCUT2D eigenvalue weighted by atomic mass is 10.0. The molecule has 28 heavy (non-hydrogen) atoms. The van der Waals surface area contributed by atoms with Crippen molar-refractivity contribution in [2.24, 2.45) is 4.99 Å². The highest BCUT2D eigenvalue weighted by molar-refractivity contribution is 5.79. The van der Waals surface area contributed by atoms with Crippen molar-refractivity contribution in [2.75, 3.05) is 46.4 Å². The van der Waals surface area contributed by atoms with E-state index in [0.29, 0.717) is 6.04 Å². The molecule has 0 bridgehead atoms. The molecule has 2 aromatic rings. The largest absolute Gasteiger partial charge is 0.379 e. The molecular weight excluding hydrogens is 348 g/mol. The van der Waals surface area contributed by atoms with Gasteiger partial charge in [0.1, 0.15) is 0 Å². The first kappa shape index (κ1) is 20.4. The van der Waals surface area contributed by atoms with E-state index in [1.54, 1.807) is 0 Å². The zero-order valence-electron chi connectivity index (χ0n) is 16.8. The van der Waals surface area contributed by atoms with E-state index in [-0.39, 0.29) is 0 Å². The van der Waals surface area contributed by atoms with Gasteiger partial charge in [0.05, 0.1) is 19.3 Å². The molecule has 2 N–H and O–H groups in total. The second kappa shape index (κ2) is 11.5. The maximum Gasteiger partial charge on any atom is 0.191 e. The van der Waals surface area contributed by atoms with Gasteiger partial charge in [0, 0.05) is 33.2 Å². The average Bonchev–Trinajstić information content (AvgIpc) is 2.77. The molecule has 5 heteroatoms. The molecule has 0 radical (unpaired) electrons. The van der Waals surface area contributed by atoms with Crippen LogP contribution in [0, 0.1) is 0 Å². The number of aryl methyl sites for hydroxylation is 1. The summed E-state index contributed by atoms with van der Waals surface area (Å²) in [5, 5.41) is 6.97. The Bertz CT molecular complexity index is 699. The third-order valence-corrected chi connectivity index (χ3v) is 5.13. The maximum atomic E-state index is 5.54. The summed E-state index contributed by atoms with van der Waals surface area (Å²) in [6.45, 7) is 5.25. The highest BCUT2D eigenvalue weighted by Gasteiger charge is 2.22. The summed E-state index contributed by atoms with van der Waals surface area (Å²) in [5.74, 6) is 0.863. The summed E-state index contributed by atoms with van der Waals surface area (Å²) >= 11 is 0. The molecule has 0 spiro atoms. The number of nitrogens with one attached hydrogen (secondary N) is 2. The van der Waals surface area contributed by atoms with Gasteiger partial charge in [-0.3, -0.25) is 9.89 Å². The van der Waals surface area contributed by atoms with Crippen LogP contribution >= 0.6 is 0 Å². The van der Waals surface area contributed by atoms with Crippen molar-refractivity contribution in [3.05, 3.63) is 71.8 Å². The lowest BCUT2D eigenvalue weighted by molar-refractivity contribution is 0.0170. The SMILES string of the molecule is CN=C(NCCCc1ccccc1)NCC(c1ccccc1)N1CCOCC1. The minimum Gasteiger partial charge on any atom is -0.379 e. The first-order valence-electron chi connectivity index (χ1n) is 10.2. The predicted molar refractivity (Wildman–Crippen MR) is 116 cm³/mol. The zero-order valence-corrected chi connectivity index (χ0v) is 16.8. The molecule has 1 heterocycles. The van der Waals surface area contributed by atoms with Crippen LogP contribution in [-0.4, -0.2) is 57.3 Å². The lowest BCUT2D eigenvalue weighted by Gasteiger charge is -2.35. The van der Waals surface area contributed by atoms with E-state index in [1.165, 1.54) is 11.1 Å². The summed E-state index contributed by atoms with van der Waals surface area (Å²) in [6, 6.07) is 21.6. The summed E-state index contributed by atoms with van der Waals surface area (Å²) in [6.07, 6.45) is 2.15. The van der Waals surface area contributed by atoms with Crippen LogP contribution in [0.25, 0.3) is 0 Å². The fraction of sp³-hybridized carbons (Fsp3) is 0.435. The van der Waals surface area contributed by atoms with Crippen molar-refractivity contribution < 1.29 is 4.74 Å². The normalized spacial score (nSPS) is 16.5. The average molecular weight is 381 g/mol. The van der Waals surface area contributed by atoms with Gasteiger partial charge in [0.15, 0.2) is 5.96 Å². The van der Waals surface area contributed by atoms with Crippen LogP contribution in [0.5, 0.6) is 0 Å². The van der Waals surface area contributed by atoms with Gasteiger partial charge in [0.2, 0.25) is 0 Å². The molecule has 1 fully saturated rings. The molecule has 0 saturated carbocycles. The second-order valence-corrected chi connectivity index (χ2v) is 7.04. The first-order valence-corrected chi connectivity index (χ1v) is 10.2. The number of ether oxygens (including phenoxy) is 1. The third-order valence-electron chi connectivity index (χ3n) is 5.13. The number of guanidine groups is 1. The molecule has 3 rings (SSSR count). The third kappa shape index (κ3) is 6.36.